The van der Waals surface area contributed by atoms with E-state index in [4.69, 9.17) is 4.74 Å². The monoisotopic (exact) mass is 221 g/mol. The number of hydrogen-bond acceptors (Lipinski definition) is 2. The maximum Gasteiger partial charge on any atom is 0.0639 e. The zero-order chi connectivity index (χ0) is 12.2. The number of methoxy groups -OCH3 is 1. The summed E-state index contributed by atoms with van der Waals surface area (Å²) in [7, 11) is 1.76. The zero-order valence-electron chi connectivity index (χ0n) is 11.1. The van der Waals surface area contributed by atoms with E-state index in [1.54, 1.807) is 7.11 Å². The van der Waals surface area contributed by atoms with Gasteiger partial charge in [0.1, 0.15) is 0 Å². The van der Waals surface area contributed by atoms with Crippen molar-refractivity contribution in [3.63, 3.8) is 0 Å². The largest absolute Gasteiger partial charge is 0.385 e. The Morgan fingerprint density at radius 3 is 2.56 bits per heavy atom. The van der Waals surface area contributed by atoms with Crippen LogP contribution in [0.25, 0.3) is 0 Å². The molecule has 2 nitrogen and oxygen atoms in total. The summed E-state index contributed by atoms with van der Waals surface area (Å²) in [6.07, 6.45) is 0.997. The van der Waals surface area contributed by atoms with E-state index >= 15 is 0 Å². The second-order valence-electron chi connectivity index (χ2n) is 4.89. The van der Waals surface area contributed by atoms with Crippen LogP contribution in [0.2, 0.25) is 0 Å². The third-order valence-electron chi connectivity index (χ3n) is 3.20. The molecule has 0 radical (unpaired) electrons. The first-order valence-electron chi connectivity index (χ1n) is 5.81. The summed E-state index contributed by atoms with van der Waals surface area (Å²) in [5, 5.41) is 3.46. The molecule has 0 aliphatic rings. The zero-order valence-corrected chi connectivity index (χ0v) is 11.1. The Kier molecular flexibility index (Phi) is 4.36. The van der Waals surface area contributed by atoms with Crippen LogP contribution in [0.3, 0.4) is 0 Å². The van der Waals surface area contributed by atoms with E-state index in [0.717, 1.165) is 13.0 Å². The molecule has 0 aromatic heterocycles. The molecule has 0 aliphatic carbocycles. The van der Waals surface area contributed by atoms with Gasteiger partial charge in [-0.05, 0) is 51.3 Å². The van der Waals surface area contributed by atoms with Gasteiger partial charge in [-0.15, -0.1) is 0 Å². The number of benzene rings is 1. The molecule has 1 N–H and O–H groups in total. The number of hydrogen-bond donors (Lipinski definition) is 1. The molecule has 0 fully saturated rings. The van der Waals surface area contributed by atoms with Crippen LogP contribution in [0.5, 0.6) is 0 Å². The molecular formula is C14H23NO. The van der Waals surface area contributed by atoms with Gasteiger partial charge in [0.05, 0.1) is 5.60 Å². The normalized spacial score (nSPS) is 11.6. The summed E-state index contributed by atoms with van der Waals surface area (Å²) in [5.41, 5.74) is 3.84. The third kappa shape index (κ3) is 3.53. The Morgan fingerprint density at radius 2 is 1.94 bits per heavy atom. The van der Waals surface area contributed by atoms with Gasteiger partial charge in [0.25, 0.3) is 0 Å². The molecule has 1 rings (SSSR count). The van der Waals surface area contributed by atoms with Crippen molar-refractivity contribution < 1.29 is 4.74 Å². The molecule has 0 aliphatic heterocycles. The van der Waals surface area contributed by atoms with E-state index in [1.165, 1.54) is 16.8 Å². The molecular weight excluding hydrogens is 198 g/mol. The lowest BCUT2D eigenvalue weighted by molar-refractivity contribution is 0.0185. The molecule has 1 aromatic rings. The molecule has 16 heavy (non-hydrogen) atoms. The van der Waals surface area contributed by atoms with Crippen LogP contribution >= 0.6 is 0 Å². The highest BCUT2D eigenvalue weighted by atomic mass is 16.5. The molecule has 1 aromatic carbocycles. The Morgan fingerprint density at radius 1 is 1.25 bits per heavy atom. The fraction of sp³-hybridized carbons (Fsp3) is 0.571. The van der Waals surface area contributed by atoms with Crippen LogP contribution in [-0.2, 0) is 4.74 Å². The number of ether oxygens (including phenoxy) is 1. The van der Waals surface area contributed by atoms with E-state index in [1.807, 2.05) is 0 Å². The van der Waals surface area contributed by atoms with Gasteiger partial charge in [0, 0.05) is 19.3 Å². The van der Waals surface area contributed by atoms with Gasteiger partial charge < -0.3 is 10.1 Å². The Hall–Kier alpha value is -1.02. The minimum absolute atomic E-state index is 0.0509. The molecule has 0 saturated carbocycles. The van der Waals surface area contributed by atoms with Crippen molar-refractivity contribution in [1.29, 1.82) is 0 Å². The summed E-state index contributed by atoms with van der Waals surface area (Å²) in [4.78, 5) is 0. The highest BCUT2D eigenvalue weighted by Gasteiger charge is 2.15. The molecule has 90 valence electrons. The molecule has 0 heterocycles. The quantitative estimate of drug-likeness (QED) is 0.821. The molecule has 0 unspecified atom stereocenters. The Balaban J connectivity index is 2.53. The second kappa shape index (κ2) is 5.35. The number of anilines is 1. The predicted molar refractivity (Wildman–Crippen MR) is 70.1 cm³/mol. The first kappa shape index (κ1) is 13.0. The van der Waals surface area contributed by atoms with Crippen LogP contribution < -0.4 is 5.32 Å². The van der Waals surface area contributed by atoms with E-state index in [-0.39, 0.29) is 5.60 Å². The Bertz CT molecular complexity index is 345. The van der Waals surface area contributed by atoms with Crippen molar-refractivity contribution in [2.75, 3.05) is 19.0 Å². The van der Waals surface area contributed by atoms with Crippen LogP contribution in [0, 0.1) is 13.8 Å². The highest BCUT2D eigenvalue weighted by Crippen LogP contribution is 2.19. The van der Waals surface area contributed by atoms with Gasteiger partial charge in [0.15, 0.2) is 0 Å². The summed E-state index contributed by atoms with van der Waals surface area (Å²) in [6, 6.07) is 6.36. The summed E-state index contributed by atoms with van der Waals surface area (Å²) >= 11 is 0. The van der Waals surface area contributed by atoms with Gasteiger partial charge in [-0.2, -0.15) is 0 Å². The fourth-order valence-electron chi connectivity index (χ4n) is 1.54. The number of rotatable bonds is 5. The minimum atomic E-state index is -0.0509. The van der Waals surface area contributed by atoms with E-state index in [9.17, 15) is 0 Å². The predicted octanol–water partition coefficient (Wildman–Crippen LogP) is 3.53. The minimum Gasteiger partial charge on any atom is -0.385 e. The lowest BCUT2D eigenvalue weighted by Gasteiger charge is -2.23. The first-order valence-corrected chi connectivity index (χ1v) is 5.81. The lowest BCUT2D eigenvalue weighted by Crippen LogP contribution is -2.25. The molecule has 0 atom stereocenters. The first-order chi connectivity index (χ1) is 7.46. The van der Waals surface area contributed by atoms with Crippen molar-refractivity contribution >= 4 is 5.69 Å². The van der Waals surface area contributed by atoms with Gasteiger partial charge in [-0.3, -0.25) is 0 Å². The van der Waals surface area contributed by atoms with E-state index in [0.29, 0.717) is 0 Å². The average Bonchev–Trinajstić information content (AvgIpc) is 2.24. The fourth-order valence-corrected chi connectivity index (χ4v) is 1.54. The molecule has 0 bridgehead atoms. The van der Waals surface area contributed by atoms with Gasteiger partial charge >= 0.3 is 0 Å². The molecule has 0 amide bonds. The van der Waals surface area contributed by atoms with Gasteiger partial charge in [-0.25, -0.2) is 0 Å². The van der Waals surface area contributed by atoms with Gasteiger partial charge in [0.2, 0.25) is 0 Å². The van der Waals surface area contributed by atoms with Crippen molar-refractivity contribution in [2.24, 2.45) is 0 Å². The van der Waals surface area contributed by atoms with E-state index in [2.05, 4.69) is 51.2 Å². The standard InChI is InChI=1S/C14H23NO/c1-11-7-6-8-13(12(11)2)15-10-9-14(3,4)16-5/h6-8,15H,9-10H2,1-5H3. The van der Waals surface area contributed by atoms with Crippen molar-refractivity contribution in [3.05, 3.63) is 29.3 Å². The number of nitrogens with one attached hydrogen (secondary N) is 1. The second-order valence-corrected chi connectivity index (χ2v) is 4.89. The topological polar surface area (TPSA) is 21.3 Å². The molecule has 0 saturated heterocycles. The van der Waals surface area contributed by atoms with Crippen LogP contribution in [0.4, 0.5) is 5.69 Å². The van der Waals surface area contributed by atoms with Crippen molar-refractivity contribution in [3.8, 4) is 0 Å². The third-order valence-corrected chi connectivity index (χ3v) is 3.20. The number of aryl methyl sites for hydroxylation is 1. The van der Waals surface area contributed by atoms with Crippen molar-refractivity contribution in [1.82, 2.24) is 0 Å². The SMILES string of the molecule is COC(C)(C)CCNc1cccc(C)c1C. The maximum atomic E-state index is 5.39. The average molecular weight is 221 g/mol. The van der Waals surface area contributed by atoms with Gasteiger partial charge in [-0.1, -0.05) is 12.1 Å². The summed E-state index contributed by atoms with van der Waals surface area (Å²) < 4.78 is 5.39. The molecule has 0 spiro atoms. The van der Waals surface area contributed by atoms with E-state index < -0.39 is 0 Å². The van der Waals surface area contributed by atoms with Crippen LogP contribution in [-0.4, -0.2) is 19.3 Å². The smallest absolute Gasteiger partial charge is 0.0639 e. The summed E-state index contributed by atoms with van der Waals surface area (Å²) in [5.74, 6) is 0. The lowest BCUT2D eigenvalue weighted by atomic mass is 10.0. The highest BCUT2D eigenvalue weighted by molar-refractivity contribution is 5.53. The Labute approximate surface area is 99.0 Å². The van der Waals surface area contributed by atoms with Crippen LogP contribution in [0.1, 0.15) is 31.4 Å². The summed E-state index contributed by atoms with van der Waals surface area (Å²) in [6.45, 7) is 9.44. The molecule has 2 heteroatoms. The van der Waals surface area contributed by atoms with Crippen molar-refractivity contribution in [2.45, 2.75) is 39.7 Å². The van der Waals surface area contributed by atoms with Crippen LogP contribution in [0.15, 0.2) is 18.2 Å². The maximum absolute atomic E-state index is 5.39.